The van der Waals surface area contributed by atoms with Gasteiger partial charge in [0.25, 0.3) is 0 Å². The van der Waals surface area contributed by atoms with Gasteiger partial charge in [0, 0.05) is 11.4 Å². The first-order valence-corrected chi connectivity index (χ1v) is 9.59. The summed E-state index contributed by atoms with van der Waals surface area (Å²) in [5.41, 5.74) is 1.94. The molecule has 0 saturated carbocycles. The van der Waals surface area contributed by atoms with Crippen LogP contribution in [0, 0.1) is 0 Å². The number of hydrogen-bond acceptors (Lipinski definition) is 5. The fraction of sp³-hybridized carbons (Fsp3) is 0.364. The Labute approximate surface area is 166 Å². The number of carbonyl (C=O) groups excluding carboxylic acids is 2. The topological polar surface area (TPSA) is 76.7 Å². The van der Waals surface area contributed by atoms with E-state index in [2.05, 4.69) is 17.6 Å². The maximum absolute atomic E-state index is 12.1. The van der Waals surface area contributed by atoms with Gasteiger partial charge in [-0.3, -0.25) is 4.79 Å². The Morgan fingerprint density at radius 3 is 2.21 bits per heavy atom. The number of nitrogens with one attached hydrogen (secondary N) is 2. The van der Waals surface area contributed by atoms with Crippen molar-refractivity contribution in [3.63, 3.8) is 0 Å². The van der Waals surface area contributed by atoms with Crippen molar-refractivity contribution in [3.05, 3.63) is 54.1 Å². The normalized spacial score (nSPS) is 11.4. The van der Waals surface area contributed by atoms with E-state index in [1.54, 1.807) is 24.3 Å². The molecule has 0 spiro atoms. The molecule has 2 aromatic rings. The van der Waals surface area contributed by atoms with Gasteiger partial charge in [-0.05, 0) is 68.3 Å². The first-order chi connectivity index (χ1) is 13.5. The molecule has 2 aromatic carbocycles. The monoisotopic (exact) mass is 384 g/mol. The van der Waals surface area contributed by atoms with Gasteiger partial charge in [-0.2, -0.15) is 0 Å². The molecule has 2 N–H and O–H groups in total. The lowest BCUT2D eigenvalue weighted by molar-refractivity contribution is -0.114. The largest absolute Gasteiger partial charge is 0.491 e. The van der Waals surface area contributed by atoms with E-state index in [1.165, 1.54) is 0 Å². The molecular formula is C22H28N2O4. The lowest BCUT2D eigenvalue weighted by Gasteiger charge is -2.13. The van der Waals surface area contributed by atoms with E-state index < -0.39 is 0 Å². The smallest absolute Gasteiger partial charge is 0.338 e. The number of rotatable bonds is 10. The van der Waals surface area contributed by atoms with Gasteiger partial charge in [0.2, 0.25) is 5.91 Å². The average molecular weight is 384 g/mol. The minimum atomic E-state index is -0.341. The minimum absolute atomic E-state index is 0.116. The molecule has 1 atom stereocenters. The van der Waals surface area contributed by atoms with Gasteiger partial charge in [-0.15, -0.1) is 0 Å². The molecule has 0 fully saturated rings. The van der Waals surface area contributed by atoms with Gasteiger partial charge in [0.05, 0.1) is 24.8 Å². The molecule has 6 nitrogen and oxygen atoms in total. The lowest BCUT2D eigenvalue weighted by Crippen LogP contribution is -2.21. The molecule has 1 amide bonds. The van der Waals surface area contributed by atoms with E-state index in [1.807, 2.05) is 38.1 Å². The number of benzene rings is 2. The zero-order valence-corrected chi connectivity index (χ0v) is 16.7. The van der Waals surface area contributed by atoms with Crippen molar-refractivity contribution < 1.29 is 19.1 Å². The van der Waals surface area contributed by atoms with Crippen LogP contribution < -0.4 is 15.4 Å². The second-order valence-electron chi connectivity index (χ2n) is 6.48. The van der Waals surface area contributed by atoms with E-state index in [0.717, 1.165) is 24.3 Å². The summed E-state index contributed by atoms with van der Waals surface area (Å²) in [5.74, 6) is 0.275. The summed E-state index contributed by atoms with van der Waals surface area (Å²) in [6.07, 6.45) is 1.88. The number of esters is 1. The third-order valence-electron chi connectivity index (χ3n) is 4.06. The highest BCUT2D eigenvalue weighted by Gasteiger charge is 2.07. The van der Waals surface area contributed by atoms with Crippen molar-refractivity contribution in [2.24, 2.45) is 0 Å². The molecule has 0 aliphatic heterocycles. The summed E-state index contributed by atoms with van der Waals surface area (Å²) >= 11 is 0. The van der Waals surface area contributed by atoms with E-state index in [4.69, 9.17) is 9.47 Å². The van der Waals surface area contributed by atoms with Crippen LogP contribution in [0.2, 0.25) is 0 Å². The Morgan fingerprint density at radius 2 is 1.61 bits per heavy atom. The molecule has 0 saturated heterocycles. The van der Waals surface area contributed by atoms with E-state index in [0.29, 0.717) is 17.9 Å². The average Bonchev–Trinajstić information content (AvgIpc) is 2.72. The first-order valence-electron chi connectivity index (χ1n) is 9.59. The standard InChI is InChI=1S/C22H28N2O4/c1-4-14-27-22(26)17-6-8-18(9-7-17)23-15-21(25)24-19-10-12-20(13-11-19)28-16(3)5-2/h6-13,16,23H,4-5,14-15H2,1-3H3,(H,24,25). The molecule has 0 aliphatic carbocycles. The second-order valence-corrected chi connectivity index (χ2v) is 6.48. The molecule has 28 heavy (non-hydrogen) atoms. The number of amides is 1. The first kappa shape index (κ1) is 21.3. The predicted molar refractivity (Wildman–Crippen MR) is 111 cm³/mol. The Hall–Kier alpha value is -3.02. The summed E-state index contributed by atoms with van der Waals surface area (Å²) in [7, 11) is 0. The number of carbonyl (C=O) groups is 2. The van der Waals surface area contributed by atoms with Crippen LogP contribution in [0.4, 0.5) is 11.4 Å². The predicted octanol–water partition coefficient (Wildman–Crippen LogP) is 4.48. The third kappa shape index (κ3) is 6.95. The van der Waals surface area contributed by atoms with Crippen molar-refractivity contribution in [2.75, 3.05) is 23.8 Å². The molecule has 0 aliphatic rings. The van der Waals surface area contributed by atoms with Crippen LogP contribution in [0.1, 0.15) is 44.0 Å². The Bertz CT molecular complexity index is 757. The van der Waals surface area contributed by atoms with E-state index in [9.17, 15) is 9.59 Å². The summed E-state index contributed by atoms with van der Waals surface area (Å²) in [6, 6.07) is 14.1. The summed E-state index contributed by atoms with van der Waals surface area (Å²) in [4.78, 5) is 23.9. The van der Waals surface area contributed by atoms with Crippen LogP contribution in [-0.2, 0) is 9.53 Å². The van der Waals surface area contributed by atoms with Crippen LogP contribution in [0.3, 0.4) is 0 Å². The highest BCUT2D eigenvalue weighted by atomic mass is 16.5. The molecule has 150 valence electrons. The quantitative estimate of drug-likeness (QED) is 0.591. The maximum atomic E-state index is 12.1. The zero-order valence-electron chi connectivity index (χ0n) is 16.7. The molecule has 0 heterocycles. The molecule has 2 rings (SSSR count). The van der Waals surface area contributed by atoms with E-state index in [-0.39, 0.29) is 24.5 Å². The number of ether oxygens (including phenoxy) is 2. The van der Waals surface area contributed by atoms with Gasteiger partial charge in [-0.1, -0.05) is 13.8 Å². The number of hydrogen-bond donors (Lipinski definition) is 2. The lowest BCUT2D eigenvalue weighted by atomic mass is 10.2. The SMILES string of the molecule is CCCOC(=O)c1ccc(NCC(=O)Nc2ccc(OC(C)CC)cc2)cc1. The van der Waals surface area contributed by atoms with Gasteiger partial charge in [0.15, 0.2) is 0 Å². The molecule has 0 radical (unpaired) electrons. The van der Waals surface area contributed by atoms with Crippen molar-refractivity contribution in [1.29, 1.82) is 0 Å². The number of anilines is 2. The molecule has 6 heteroatoms. The van der Waals surface area contributed by atoms with Crippen molar-refractivity contribution in [3.8, 4) is 5.75 Å². The second kappa shape index (κ2) is 11.0. The van der Waals surface area contributed by atoms with Crippen LogP contribution in [0.5, 0.6) is 5.75 Å². The highest BCUT2D eigenvalue weighted by molar-refractivity contribution is 5.94. The van der Waals surface area contributed by atoms with Crippen molar-refractivity contribution in [1.82, 2.24) is 0 Å². The maximum Gasteiger partial charge on any atom is 0.338 e. The fourth-order valence-electron chi connectivity index (χ4n) is 2.32. The van der Waals surface area contributed by atoms with Crippen LogP contribution in [0.15, 0.2) is 48.5 Å². The molecule has 0 bridgehead atoms. The van der Waals surface area contributed by atoms with Gasteiger partial charge < -0.3 is 20.1 Å². The molecule has 0 aromatic heterocycles. The van der Waals surface area contributed by atoms with E-state index >= 15 is 0 Å². The van der Waals surface area contributed by atoms with Crippen LogP contribution in [-0.4, -0.2) is 31.1 Å². The fourth-order valence-corrected chi connectivity index (χ4v) is 2.32. The highest BCUT2D eigenvalue weighted by Crippen LogP contribution is 2.17. The Kier molecular flexibility index (Phi) is 8.34. The minimum Gasteiger partial charge on any atom is -0.491 e. The summed E-state index contributed by atoms with van der Waals surface area (Å²) in [5, 5.41) is 5.86. The Balaban J connectivity index is 1.79. The summed E-state index contributed by atoms with van der Waals surface area (Å²) < 4.78 is 10.8. The van der Waals surface area contributed by atoms with Gasteiger partial charge in [0.1, 0.15) is 5.75 Å². The van der Waals surface area contributed by atoms with Crippen LogP contribution in [0.25, 0.3) is 0 Å². The van der Waals surface area contributed by atoms with Gasteiger partial charge >= 0.3 is 5.97 Å². The third-order valence-corrected chi connectivity index (χ3v) is 4.06. The molecular weight excluding hydrogens is 356 g/mol. The molecule has 1 unspecified atom stereocenters. The van der Waals surface area contributed by atoms with Crippen molar-refractivity contribution >= 4 is 23.3 Å². The summed E-state index contributed by atoms with van der Waals surface area (Å²) in [6.45, 7) is 6.55. The van der Waals surface area contributed by atoms with Crippen LogP contribution >= 0.6 is 0 Å². The zero-order chi connectivity index (χ0) is 20.4. The Morgan fingerprint density at radius 1 is 0.964 bits per heavy atom. The van der Waals surface area contributed by atoms with Gasteiger partial charge in [-0.25, -0.2) is 4.79 Å². The van der Waals surface area contributed by atoms with Crippen molar-refractivity contribution in [2.45, 2.75) is 39.7 Å².